The lowest BCUT2D eigenvalue weighted by atomic mass is 10.0. The fourth-order valence-corrected chi connectivity index (χ4v) is 4.68. The molecule has 3 amide bonds. The first kappa shape index (κ1) is 34.8. The SMILES string of the molecule is NC(N)=NCCCC(NC(=O)C(N)Cc1c[nH]c2ccccc12)C(=O)NC(CC(=O)O)C(=O)NC(Cc1ccc(O)cc1)C(=O)O. The van der Waals surface area contributed by atoms with E-state index in [9.17, 15) is 39.3 Å². The second kappa shape index (κ2) is 16.4. The fraction of sp³-hybridized carbons (Fsp3) is 0.333. The molecule has 0 aliphatic carbocycles. The lowest BCUT2D eigenvalue weighted by molar-refractivity contribution is -0.143. The Labute approximate surface area is 263 Å². The summed E-state index contributed by atoms with van der Waals surface area (Å²) in [6.07, 6.45) is 1.02. The second-order valence-electron chi connectivity index (χ2n) is 10.6. The van der Waals surface area contributed by atoms with E-state index in [4.69, 9.17) is 17.2 Å². The number of hydrogen-bond donors (Lipinski definition) is 10. The molecule has 1 heterocycles. The topological polar surface area (TPSA) is 288 Å². The number of aromatic hydroxyl groups is 1. The highest BCUT2D eigenvalue weighted by molar-refractivity contribution is 5.96. The Balaban J connectivity index is 1.73. The van der Waals surface area contributed by atoms with Gasteiger partial charge in [-0.2, -0.15) is 0 Å². The number of aromatic amines is 1. The van der Waals surface area contributed by atoms with Crippen molar-refractivity contribution in [3.8, 4) is 5.75 Å². The number of carboxylic acids is 2. The number of hydrogen-bond acceptors (Lipinski definition) is 8. The van der Waals surface area contributed by atoms with E-state index in [1.807, 2.05) is 24.3 Å². The van der Waals surface area contributed by atoms with Crippen LogP contribution in [0.1, 0.15) is 30.4 Å². The van der Waals surface area contributed by atoms with Gasteiger partial charge >= 0.3 is 11.9 Å². The number of aliphatic imine (C=N–C) groups is 1. The first-order valence-electron chi connectivity index (χ1n) is 14.3. The molecule has 0 fully saturated rings. The first-order valence-corrected chi connectivity index (χ1v) is 14.3. The van der Waals surface area contributed by atoms with Gasteiger partial charge in [-0.05, 0) is 48.6 Å². The van der Waals surface area contributed by atoms with Crippen LogP contribution in [-0.4, -0.2) is 86.6 Å². The van der Waals surface area contributed by atoms with E-state index in [-0.39, 0.29) is 43.9 Å². The van der Waals surface area contributed by atoms with Gasteiger partial charge in [0.15, 0.2) is 5.96 Å². The molecule has 0 aliphatic rings. The molecule has 1 aromatic heterocycles. The minimum absolute atomic E-state index is 0.00578. The van der Waals surface area contributed by atoms with E-state index in [1.54, 1.807) is 6.20 Å². The molecular weight excluding hydrogens is 600 g/mol. The average molecular weight is 639 g/mol. The maximum absolute atomic E-state index is 13.4. The van der Waals surface area contributed by atoms with Crippen molar-refractivity contribution in [3.05, 3.63) is 65.9 Å². The molecule has 0 bridgehead atoms. The molecular formula is C30H38N8O8. The van der Waals surface area contributed by atoms with Crippen LogP contribution in [0, 0.1) is 0 Å². The lowest BCUT2D eigenvalue weighted by Crippen LogP contribution is -2.57. The minimum Gasteiger partial charge on any atom is -0.508 e. The smallest absolute Gasteiger partial charge is 0.326 e. The normalized spacial score (nSPS) is 13.5. The molecule has 13 N–H and O–H groups in total. The molecule has 4 unspecified atom stereocenters. The Kier molecular flexibility index (Phi) is 12.5. The van der Waals surface area contributed by atoms with Crippen molar-refractivity contribution in [2.24, 2.45) is 22.2 Å². The molecule has 16 heteroatoms. The number of nitrogens with two attached hydrogens (primary N) is 3. The highest BCUT2D eigenvalue weighted by Crippen LogP contribution is 2.19. The van der Waals surface area contributed by atoms with Crippen molar-refractivity contribution in [1.29, 1.82) is 0 Å². The number of amides is 3. The summed E-state index contributed by atoms with van der Waals surface area (Å²) in [7, 11) is 0. The van der Waals surface area contributed by atoms with E-state index >= 15 is 0 Å². The van der Waals surface area contributed by atoms with Crippen molar-refractivity contribution in [3.63, 3.8) is 0 Å². The summed E-state index contributed by atoms with van der Waals surface area (Å²) in [6.45, 7) is 0.111. The lowest BCUT2D eigenvalue weighted by Gasteiger charge is -2.24. The number of benzene rings is 2. The summed E-state index contributed by atoms with van der Waals surface area (Å²) >= 11 is 0. The van der Waals surface area contributed by atoms with Crippen LogP contribution in [0.4, 0.5) is 0 Å². The average Bonchev–Trinajstić information content (AvgIpc) is 3.40. The standard InChI is InChI=1S/C30H38N8O8/c31-20(13-17-15-35-21-5-2-1-4-19(17)21)26(42)36-22(6-3-11-34-30(32)33)27(43)37-23(14-25(40)41)28(44)38-24(29(45)46)12-16-7-9-18(39)10-8-16/h1-2,4-5,7-10,15,20,22-24,35,39H,3,6,11-14,31H2,(H,36,42)(H,37,43)(H,38,44)(H,40,41)(H,45,46)(H4,32,33,34). The zero-order valence-corrected chi connectivity index (χ0v) is 24.8. The van der Waals surface area contributed by atoms with Gasteiger partial charge in [-0.15, -0.1) is 0 Å². The zero-order valence-electron chi connectivity index (χ0n) is 24.8. The number of H-pyrrole nitrogens is 1. The van der Waals surface area contributed by atoms with Gasteiger partial charge in [-0.1, -0.05) is 30.3 Å². The third-order valence-electron chi connectivity index (χ3n) is 7.03. The summed E-state index contributed by atoms with van der Waals surface area (Å²) in [5, 5.41) is 36.6. The monoisotopic (exact) mass is 638 g/mol. The predicted molar refractivity (Wildman–Crippen MR) is 167 cm³/mol. The van der Waals surface area contributed by atoms with E-state index in [0.29, 0.717) is 5.56 Å². The van der Waals surface area contributed by atoms with Crippen LogP contribution in [0.5, 0.6) is 5.75 Å². The van der Waals surface area contributed by atoms with Gasteiger partial charge in [-0.3, -0.25) is 24.2 Å². The van der Waals surface area contributed by atoms with Crippen LogP contribution in [0.3, 0.4) is 0 Å². The summed E-state index contributed by atoms with van der Waals surface area (Å²) in [5.74, 6) is -5.71. The van der Waals surface area contributed by atoms with Gasteiger partial charge in [0.1, 0.15) is 23.9 Å². The number of guanidine groups is 1. The van der Waals surface area contributed by atoms with Crippen molar-refractivity contribution in [2.75, 3.05) is 6.54 Å². The Bertz CT molecular complexity index is 1570. The van der Waals surface area contributed by atoms with Crippen LogP contribution in [0.2, 0.25) is 0 Å². The number of phenolic OH excluding ortho intramolecular Hbond substituents is 1. The maximum Gasteiger partial charge on any atom is 0.326 e. The summed E-state index contributed by atoms with van der Waals surface area (Å²) < 4.78 is 0. The van der Waals surface area contributed by atoms with Crippen molar-refractivity contribution in [2.45, 2.75) is 56.3 Å². The quantitative estimate of drug-likeness (QED) is 0.0488. The number of nitrogens with zero attached hydrogens (tertiary/aromatic N) is 1. The molecule has 3 rings (SSSR count). The van der Waals surface area contributed by atoms with Crippen molar-refractivity contribution in [1.82, 2.24) is 20.9 Å². The molecule has 46 heavy (non-hydrogen) atoms. The van der Waals surface area contributed by atoms with Crippen LogP contribution in [-0.2, 0) is 36.8 Å². The third kappa shape index (κ3) is 10.5. The number of para-hydroxylation sites is 1. The highest BCUT2D eigenvalue weighted by atomic mass is 16.4. The summed E-state index contributed by atoms with van der Waals surface area (Å²) in [5.41, 5.74) is 19.0. The van der Waals surface area contributed by atoms with Gasteiger partial charge in [0, 0.05) is 30.1 Å². The molecule has 16 nitrogen and oxygen atoms in total. The molecule has 0 saturated heterocycles. The van der Waals surface area contributed by atoms with Gasteiger partial charge in [0.2, 0.25) is 17.7 Å². The predicted octanol–water partition coefficient (Wildman–Crippen LogP) is -0.947. The van der Waals surface area contributed by atoms with Gasteiger partial charge in [-0.25, -0.2) is 4.79 Å². The Morgan fingerprint density at radius 1 is 0.826 bits per heavy atom. The summed E-state index contributed by atoms with van der Waals surface area (Å²) in [6, 6.07) is 7.55. The highest BCUT2D eigenvalue weighted by Gasteiger charge is 2.32. The van der Waals surface area contributed by atoms with Crippen LogP contribution < -0.4 is 33.2 Å². The Morgan fingerprint density at radius 2 is 1.46 bits per heavy atom. The Morgan fingerprint density at radius 3 is 2.11 bits per heavy atom. The number of carbonyl (C=O) groups is 5. The van der Waals surface area contributed by atoms with Crippen LogP contribution >= 0.6 is 0 Å². The fourth-order valence-electron chi connectivity index (χ4n) is 4.68. The van der Waals surface area contributed by atoms with Gasteiger partial charge in [0.05, 0.1) is 12.5 Å². The number of aromatic nitrogens is 1. The largest absolute Gasteiger partial charge is 0.508 e. The molecule has 0 saturated carbocycles. The second-order valence-corrected chi connectivity index (χ2v) is 10.6. The Hall–Kier alpha value is -5.64. The van der Waals surface area contributed by atoms with E-state index < -0.39 is 60.2 Å². The van der Waals surface area contributed by atoms with Crippen molar-refractivity contribution < 1.29 is 39.3 Å². The molecule has 0 radical (unpaired) electrons. The summed E-state index contributed by atoms with van der Waals surface area (Å²) in [4.78, 5) is 70.1. The number of nitrogens with one attached hydrogen (secondary N) is 4. The van der Waals surface area contributed by atoms with E-state index in [0.717, 1.165) is 16.5 Å². The first-order chi connectivity index (χ1) is 21.8. The molecule has 3 aromatic rings. The van der Waals surface area contributed by atoms with E-state index in [2.05, 4.69) is 25.9 Å². The minimum atomic E-state index is -1.69. The van der Waals surface area contributed by atoms with Crippen LogP contribution in [0.15, 0.2) is 59.7 Å². The maximum atomic E-state index is 13.4. The van der Waals surface area contributed by atoms with E-state index in [1.165, 1.54) is 24.3 Å². The number of rotatable bonds is 17. The number of carboxylic acid groups (broad SMARTS) is 2. The molecule has 2 aromatic carbocycles. The van der Waals surface area contributed by atoms with Crippen LogP contribution in [0.25, 0.3) is 10.9 Å². The zero-order chi connectivity index (χ0) is 33.8. The molecule has 0 spiro atoms. The van der Waals surface area contributed by atoms with Gasteiger partial charge in [0.25, 0.3) is 0 Å². The number of fused-ring (bicyclic) bond motifs is 1. The number of phenols is 1. The third-order valence-corrected chi connectivity index (χ3v) is 7.03. The van der Waals surface area contributed by atoms with Crippen molar-refractivity contribution >= 4 is 46.5 Å². The molecule has 0 aliphatic heterocycles. The molecule has 246 valence electrons. The molecule has 4 atom stereocenters. The number of carbonyl (C=O) groups excluding carboxylic acids is 3. The van der Waals surface area contributed by atoms with Gasteiger partial charge < -0.3 is 53.5 Å². The number of aliphatic carboxylic acids is 2.